The minimum Gasteiger partial charge on any atom is -0.481 e. The Morgan fingerprint density at radius 2 is 2.29 bits per heavy atom. The maximum Gasteiger partial charge on any atom is 0.315 e. The van der Waals surface area contributed by atoms with Crippen LogP contribution in [0.5, 0.6) is 0 Å². The second kappa shape index (κ2) is 5.83. The highest BCUT2D eigenvalue weighted by Crippen LogP contribution is 1.92. The molecule has 3 N–H and O–H groups in total. The fraction of sp³-hybridized carbons (Fsp3) is 0.556. The van der Waals surface area contributed by atoms with Crippen LogP contribution in [-0.2, 0) is 18.4 Å². The third kappa shape index (κ3) is 4.49. The van der Waals surface area contributed by atoms with Crippen molar-refractivity contribution in [3.63, 3.8) is 0 Å². The number of aryl methyl sites for hydroxylation is 1. The maximum atomic E-state index is 11.4. The fourth-order valence-electron chi connectivity index (χ4n) is 1.21. The molecule has 17 heavy (non-hydrogen) atoms. The van der Waals surface area contributed by atoms with E-state index in [0.717, 1.165) is 0 Å². The van der Waals surface area contributed by atoms with Gasteiger partial charge in [-0.05, 0) is 6.92 Å². The molecule has 94 valence electrons. The van der Waals surface area contributed by atoms with Crippen molar-refractivity contribution in [2.75, 3.05) is 0 Å². The van der Waals surface area contributed by atoms with Gasteiger partial charge in [0.05, 0.1) is 13.0 Å². The van der Waals surface area contributed by atoms with Crippen LogP contribution < -0.4 is 10.6 Å². The lowest BCUT2D eigenvalue weighted by Gasteiger charge is -2.12. The maximum absolute atomic E-state index is 11.4. The Bertz CT molecular complexity index is 403. The van der Waals surface area contributed by atoms with Crippen molar-refractivity contribution in [1.82, 2.24) is 25.4 Å². The van der Waals surface area contributed by atoms with Crippen molar-refractivity contribution in [1.29, 1.82) is 0 Å². The predicted octanol–water partition coefficient (Wildman–Crippen LogP) is -0.522. The van der Waals surface area contributed by atoms with Crippen LogP contribution in [0, 0.1) is 0 Å². The third-order valence-electron chi connectivity index (χ3n) is 2.07. The first-order valence-electron chi connectivity index (χ1n) is 5.08. The second-order valence-electron chi connectivity index (χ2n) is 3.68. The van der Waals surface area contributed by atoms with Crippen molar-refractivity contribution >= 4 is 12.0 Å². The SMILES string of the molecule is CC(CC(=O)O)NC(=O)NCc1nncn1C. The molecule has 2 amide bonds. The number of nitrogens with one attached hydrogen (secondary N) is 2. The molecule has 1 atom stereocenters. The van der Waals surface area contributed by atoms with Crippen molar-refractivity contribution in [2.24, 2.45) is 7.05 Å². The number of hydrogen-bond donors (Lipinski definition) is 3. The van der Waals surface area contributed by atoms with Gasteiger partial charge in [0.15, 0.2) is 5.82 Å². The second-order valence-corrected chi connectivity index (χ2v) is 3.68. The quantitative estimate of drug-likeness (QED) is 0.642. The van der Waals surface area contributed by atoms with Gasteiger partial charge in [-0.25, -0.2) is 4.79 Å². The van der Waals surface area contributed by atoms with Crippen LogP contribution in [0.2, 0.25) is 0 Å². The molecule has 0 aliphatic carbocycles. The highest BCUT2D eigenvalue weighted by Gasteiger charge is 2.11. The lowest BCUT2D eigenvalue weighted by atomic mass is 10.2. The van der Waals surface area contributed by atoms with Gasteiger partial charge in [-0.3, -0.25) is 4.79 Å². The standard InChI is InChI=1S/C9H15N5O3/c1-6(3-8(15)16)12-9(17)10-4-7-13-11-5-14(7)2/h5-6H,3-4H2,1-2H3,(H,15,16)(H2,10,12,17). The molecule has 8 nitrogen and oxygen atoms in total. The highest BCUT2D eigenvalue weighted by atomic mass is 16.4. The molecule has 0 aliphatic heterocycles. The first kappa shape index (κ1) is 12.9. The number of rotatable bonds is 5. The number of urea groups is 1. The molecule has 0 aromatic carbocycles. The molecule has 1 rings (SSSR count). The van der Waals surface area contributed by atoms with Crippen LogP contribution in [-0.4, -0.2) is 37.9 Å². The Hall–Kier alpha value is -2.12. The topological polar surface area (TPSA) is 109 Å². The van der Waals surface area contributed by atoms with Crippen molar-refractivity contribution < 1.29 is 14.7 Å². The van der Waals surface area contributed by atoms with Crippen LogP contribution in [0.4, 0.5) is 4.79 Å². The Labute approximate surface area is 98.0 Å². The summed E-state index contributed by atoms with van der Waals surface area (Å²) in [6.07, 6.45) is 1.42. The van der Waals surface area contributed by atoms with Gasteiger partial charge in [0.1, 0.15) is 6.33 Å². The van der Waals surface area contributed by atoms with Gasteiger partial charge in [-0.2, -0.15) is 0 Å². The lowest BCUT2D eigenvalue weighted by molar-refractivity contribution is -0.137. The molecular formula is C9H15N5O3. The van der Waals surface area contributed by atoms with Crippen molar-refractivity contribution in [3.8, 4) is 0 Å². The average molecular weight is 241 g/mol. The Morgan fingerprint density at radius 1 is 1.59 bits per heavy atom. The van der Waals surface area contributed by atoms with Gasteiger partial charge in [-0.15, -0.1) is 10.2 Å². The molecule has 0 aliphatic rings. The molecule has 1 aromatic rings. The average Bonchev–Trinajstić information content (AvgIpc) is 2.59. The van der Waals surface area contributed by atoms with Gasteiger partial charge in [-0.1, -0.05) is 0 Å². The molecule has 0 saturated carbocycles. The molecular weight excluding hydrogens is 226 g/mol. The number of amides is 2. The summed E-state index contributed by atoms with van der Waals surface area (Å²) in [6, 6.07) is -0.853. The number of aliphatic carboxylic acids is 1. The highest BCUT2D eigenvalue weighted by molar-refractivity contribution is 5.75. The molecule has 1 aromatic heterocycles. The molecule has 0 spiro atoms. The van der Waals surface area contributed by atoms with Crippen molar-refractivity contribution in [3.05, 3.63) is 12.2 Å². The van der Waals surface area contributed by atoms with E-state index >= 15 is 0 Å². The molecule has 0 fully saturated rings. The largest absolute Gasteiger partial charge is 0.481 e. The summed E-state index contributed by atoms with van der Waals surface area (Å²) >= 11 is 0. The summed E-state index contributed by atoms with van der Waals surface area (Å²) in [6.45, 7) is 1.86. The Morgan fingerprint density at radius 3 is 2.82 bits per heavy atom. The summed E-state index contributed by atoms with van der Waals surface area (Å²) in [5.41, 5.74) is 0. The Balaban J connectivity index is 2.30. The number of carboxylic acid groups (broad SMARTS) is 1. The van der Waals surface area contributed by atoms with Gasteiger partial charge in [0, 0.05) is 13.1 Å². The summed E-state index contributed by atoms with van der Waals surface area (Å²) < 4.78 is 1.68. The van der Waals surface area contributed by atoms with Gasteiger partial charge in [0.2, 0.25) is 0 Å². The number of nitrogens with zero attached hydrogens (tertiary/aromatic N) is 3. The van der Waals surface area contributed by atoms with Gasteiger partial charge >= 0.3 is 12.0 Å². The number of aromatic nitrogens is 3. The summed E-state index contributed by atoms with van der Waals surface area (Å²) in [5.74, 6) is -0.336. The first-order chi connectivity index (χ1) is 7.99. The van der Waals surface area contributed by atoms with Crippen LogP contribution in [0.1, 0.15) is 19.2 Å². The third-order valence-corrected chi connectivity index (χ3v) is 2.07. The molecule has 1 heterocycles. The number of carbonyl (C=O) groups excluding carboxylic acids is 1. The van der Waals surface area contributed by atoms with E-state index in [1.807, 2.05) is 0 Å². The van der Waals surface area contributed by atoms with Crippen molar-refractivity contribution in [2.45, 2.75) is 25.9 Å². The van der Waals surface area contributed by atoms with Gasteiger partial charge in [0.25, 0.3) is 0 Å². The smallest absolute Gasteiger partial charge is 0.315 e. The molecule has 0 bridgehead atoms. The number of hydrogen-bond acceptors (Lipinski definition) is 4. The zero-order valence-electron chi connectivity index (χ0n) is 9.67. The van der Waals surface area contributed by atoms with E-state index in [9.17, 15) is 9.59 Å². The van der Waals surface area contributed by atoms with Gasteiger partial charge < -0.3 is 20.3 Å². The minimum atomic E-state index is -0.953. The monoisotopic (exact) mass is 241 g/mol. The normalized spacial score (nSPS) is 11.9. The molecule has 0 radical (unpaired) electrons. The summed E-state index contributed by atoms with van der Waals surface area (Å²) in [5, 5.41) is 21.0. The van der Waals surface area contributed by atoms with E-state index in [0.29, 0.717) is 5.82 Å². The van der Waals surface area contributed by atoms with E-state index in [-0.39, 0.29) is 13.0 Å². The molecule has 1 unspecified atom stereocenters. The Kier molecular flexibility index (Phi) is 4.44. The predicted molar refractivity (Wildman–Crippen MR) is 58.1 cm³/mol. The minimum absolute atomic E-state index is 0.114. The fourth-order valence-corrected chi connectivity index (χ4v) is 1.21. The van der Waals surface area contributed by atoms with Crippen LogP contribution in [0.3, 0.4) is 0 Å². The summed E-state index contributed by atoms with van der Waals surface area (Å²) in [4.78, 5) is 21.8. The summed E-state index contributed by atoms with van der Waals surface area (Å²) in [7, 11) is 1.77. The van der Waals surface area contributed by atoms with E-state index in [1.54, 1.807) is 18.5 Å². The number of carbonyl (C=O) groups is 2. The van der Waals surface area contributed by atoms with Crippen LogP contribution in [0.15, 0.2) is 6.33 Å². The molecule has 0 saturated heterocycles. The lowest BCUT2D eigenvalue weighted by Crippen LogP contribution is -2.41. The van der Waals surface area contributed by atoms with Crippen LogP contribution in [0.25, 0.3) is 0 Å². The zero-order chi connectivity index (χ0) is 12.8. The van der Waals surface area contributed by atoms with E-state index in [2.05, 4.69) is 20.8 Å². The first-order valence-corrected chi connectivity index (χ1v) is 5.08. The van der Waals surface area contributed by atoms with E-state index in [4.69, 9.17) is 5.11 Å². The van der Waals surface area contributed by atoms with Crippen LogP contribution >= 0.6 is 0 Å². The molecule has 8 heteroatoms. The number of carboxylic acids is 1. The zero-order valence-corrected chi connectivity index (χ0v) is 9.67. The van der Waals surface area contributed by atoms with E-state index < -0.39 is 18.0 Å². The van der Waals surface area contributed by atoms with E-state index in [1.165, 1.54) is 6.33 Å².